The van der Waals surface area contributed by atoms with E-state index in [0.717, 1.165) is 5.56 Å². The topological polar surface area (TPSA) is 63.3 Å². The van der Waals surface area contributed by atoms with Crippen molar-refractivity contribution in [3.8, 4) is 0 Å². The van der Waals surface area contributed by atoms with Crippen molar-refractivity contribution in [3.63, 3.8) is 0 Å². The minimum atomic E-state index is -0.911. The number of hydrogen-bond acceptors (Lipinski definition) is 2. The lowest BCUT2D eigenvalue weighted by Gasteiger charge is -2.04. The van der Waals surface area contributed by atoms with Crippen molar-refractivity contribution < 1.29 is 9.90 Å². The molecule has 0 radical (unpaired) electrons. The summed E-state index contributed by atoms with van der Waals surface area (Å²) in [7, 11) is 0. The summed E-state index contributed by atoms with van der Waals surface area (Å²) in [6.45, 7) is 7.72. The Morgan fingerprint density at radius 3 is 1.88 bits per heavy atom. The second-order valence-electron chi connectivity index (χ2n) is 4.78. The molecule has 0 aliphatic carbocycles. The van der Waals surface area contributed by atoms with E-state index in [1.165, 1.54) is 0 Å². The van der Waals surface area contributed by atoms with Gasteiger partial charge in [0.05, 0.1) is 5.56 Å². The van der Waals surface area contributed by atoms with Crippen LogP contribution in [0, 0.1) is 0 Å². The van der Waals surface area contributed by atoms with Crippen molar-refractivity contribution in [1.82, 2.24) is 0 Å². The molecule has 1 rings (SSSR count). The first kappa shape index (κ1) is 15.9. The Morgan fingerprint density at radius 2 is 1.65 bits per heavy atom. The summed E-state index contributed by atoms with van der Waals surface area (Å²) in [5.41, 5.74) is 6.83. The van der Waals surface area contributed by atoms with Gasteiger partial charge >= 0.3 is 5.97 Å². The molecule has 3 N–H and O–H groups in total. The van der Waals surface area contributed by atoms with E-state index in [2.05, 4.69) is 0 Å². The normalized spacial score (nSPS) is 12.4. The molecule has 0 heterocycles. The largest absolute Gasteiger partial charge is 0.478 e. The van der Waals surface area contributed by atoms with Crippen LogP contribution in [-0.2, 0) is 0 Å². The van der Waals surface area contributed by atoms with Crippen LogP contribution in [0.1, 0.15) is 49.7 Å². The molecule has 0 spiro atoms. The van der Waals surface area contributed by atoms with Gasteiger partial charge in [-0.1, -0.05) is 12.1 Å². The van der Waals surface area contributed by atoms with Gasteiger partial charge in [-0.25, -0.2) is 4.79 Å². The van der Waals surface area contributed by atoms with Crippen LogP contribution in [0.5, 0.6) is 0 Å². The molecule has 0 saturated heterocycles. The number of aromatic carboxylic acids is 1. The summed E-state index contributed by atoms with van der Waals surface area (Å²) < 4.78 is 0. The van der Waals surface area contributed by atoms with Crippen molar-refractivity contribution in [3.05, 3.63) is 35.4 Å². The Kier molecular flexibility index (Phi) is 6.21. The molecule has 0 aliphatic heterocycles. The highest BCUT2D eigenvalue weighted by molar-refractivity contribution is 6.23. The molecule has 0 saturated carbocycles. The van der Waals surface area contributed by atoms with E-state index in [9.17, 15) is 4.79 Å². The highest BCUT2D eigenvalue weighted by Gasteiger charge is 2.03. The fourth-order valence-corrected chi connectivity index (χ4v) is 0.929. The highest BCUT2D eigenvalue weighted by Crippen LogP contribution is 2.10. The summed E-state index contributed by atoms with van der Waals surface area (Å²) in [4.78, 5) is 10.4. The molecule has 96 valence electrons. The molecule has 0 bridgehead atoms. The molecule has 1 aromatic rings. The number of carbonyl (C=O) groups is 1. The van der Waals surface area contributed by atoms with E-state index >= 15 is 0 Å². The average molecular weight is 258 g/mol. The Balaban J connectivity index is 0.000000437. The lowest BCUT2D eigenvalue weighted by molar-refractivity contribution is 0.0697. The maximum atomic E-state index is 10.5. The number of nitrogens with two attached hydrogens (primary N) is 1. The van der Waals surface area contributed by atoms with Crippen LogP contribution in [0.25, 0.3) is 0 Å². The summed E-state index contributed by atoms with van der Waals surface area (Å²) in [6, 6.07) is 6.53. The summed E-state index contributed by atoms with van der Waals surface area (Å²) >= 11 is 5.53. The molecular formula is C13H20ClNO2. The maximum Gasteiger partial charge on any atom is 0.335 e. The Bertz CT molecular complexity index is 347. The summed E-state index contributed by atoms with van der Waals surface area (Å²) in [5, 5.41) is 8.58. The van der Waals surface area contributed by atoms with Crippen LogP contribution in [0.3, 0.4) is 0 Å². The van der Waals surface area contributed by atoms with Crippen molar-refractivity contribution in [2.45, 2.75) is 38.6 Å². The van der Waals surface area contributed by atoms with Gasteiger partial charge in [0.15, 0.2) is 0 Å². The number of benzene rings is 1. The van der Waals surface area contributed by atoms with Gasteiger partial charge < -0.3 is 10.8 Å². The van der Waals surface area contributed by atoms with Crippen LogP contribution < -0.4 is 5.73 Å². The van der Waals surface area contributed by atoms with Crippen LogP contribution in [0.4, 0.5) is 0 Å². The van der Waals surface area contributed by atoms with Gasteiger partial charge in [-0.05, 0) is 45.4 Å². The van der Waals surface area contributed by atoms with E-state index in [1.807, 2.05) is 27.7 Å². The SMILES string of the molecule is CC(C)(C)Cl.C[C@@H](N)c1ccc(C(=O)O)cc1. The van der Waals surface area contributed by atoms with Crippen LogP contribution in [0.15, 0.2) is 24.3 Å². The third kappa shape index (κ3) is 8.72. The fraction of sp³-hybridized carbons (Fsp3) is 0.462. The minimum Gasteiger partial charge on any atom is -0.478 e. The van der Waals surface area contributed by atoms with Gasteiger partial charge in [-0.2, -0.15) is 0 Å². The predicted molar refractivity (Wildman–Crippen MR) is 71.6 cm³/mol. The monoisotopic (exact) mass is 257 g/mol. The Hall–Kier alpha value is -1.06. The summed E-state index contributed by atoms with van der Waals surface area (Å²) in [5.74, 6) is -0.911. The van der Waals surface area contributed by atoms with Crippen molar-refractivity contribution >= 4 is 17.6 Å². The van der Waals surface area contributed by atoms with E-state index in [1.54, 1.807) is 24.3 Å². The van der Waals surface area contributed by atoms with Gasteiger partial charge in [-0.3, -0.25) is 0 Å². The molecular weight excluding hydrogens is 238 g/mol. The predicted octanol–water partition coefficient (Wildman–Crippen LogP) is 3.43. The first-order valence-corrected chi connectivity index (χ1v) is 5.77. The van der Waals surface area contributed by atoms with Gasteiger partial charge in [-0.15, -0.1) is 11.6 Å². The van der Waals surface area contributed by atoms with Crippen LogP contribution in [-0.4, -0.2) is 16.0 Å². The first-order chi connectivity index (χ1) is 7.61. The lowest BCUT2D eigenvalue weighted by atomic mass is 10.1. The quantitative estimate of drug-likeness (QED) is 0.798. The first-order valence-electron chi connectivity index (χ1n) is 5.39. The number of rotatable bonds is 2. The lowest BCUT2D eigenvalue weighted by Crippen LogP contribution is -2.05. The van der Waals surface area contributed by atoms with E-state index in [4.69, 9.17) is 22.4 Å². The zero-order valence-electron chi connectivity index (χ0n) is 10.7. The van der Waals surface area contributed by atoms with E-state index in [0.29, 0.717) is 5.56 Å². The fourth-order valence-electron chi connectivity index (χ4n) is 0.929. The van der Waals surface area contributed by atoms with Gasteiger partial charge in [0.2, 0.25) is 0 Å². The van der Waals surface area contributed by atoms with Gasteiger partial charge in [0, 0.05) is 10.9 Å². The van der Waals surface area contributed by atoms with Crippen molar-refractivity contribution in [2.24, 2.45) is 5.73 Å². The number of carboxylic acid groups (broad SMARTS) is 1. The van der Waals surface area contributed by atoms with Crippen LogP contribution >= 0.6 is 11.6 Å². The minimum absolute atomic E-state index is 0.0278. The summed E-state index contributed by atoms with van der Waals surface area (Å²) in [6.07, 6.45) is 0. The Labute approximate surface area is 108 Å². The molecule has 0 aromatic heterocycles. The standard InChI is InChI=1S/C9H11NO2.C4H9Cl/c1-6(10)7-2-4-8(5-3-7)9(11)12;1-4(2,3)5/h2-6H,10H2,1H3,(H,11,12);1-3H3/t6-;/m1./s1. The zero-order valence-corrected chi connectivity index (χ0v) is 11.5. The number of hydrogen-bond donors (Lipinski definition) is 2. The second kappa shape index (κ2) is 6.62. The van der Waals surface area contributed by atoms with E-state index < -0.39 is 5.97 Å². The second-order valence-corrected chi connectivity index (χ2v) is 5.92. The third-order valence-electron chi connectivity index (χ3n) is 1.68. The van der Waals surface area contributed by atoms with Gasteiger partial charge in [0.1, 0.15) is 0 Å². The molecule has 1 aromatic carbocycles. The zero-order chi connectivity index (χ0) is 13.6. The molecule has 0 fully saturated rings. The van der Waals surface area contributed by atoms with Crippen molar-refractivity contribution in [1.29, 1.82) is 0 Å². The average Bonchev–Trinajstić information content (AvgIpc) is 2.15. The molecule has 4 heteroatoms. The molecule has 0 aliphatic rings. The van der Waals surface area contributed by atoms with Crippen LogP contribution in [0.2, 0.25) is 0 Å². The highest BCUT2D eigenvalue weighted by atomic mass is 35.5. The van der Waals surface area contributed by atoms with Crippen molar-refractivity contribution in [2.75, 3.05) is 0 Å². The smallest absolute Gasteiger partial charge is 0.335 e. The molecule has 0 unspecified atom stereocenters. The molecule has 3 nitrogen and oxygen atoms in total. The Morgan fingerprint density at radius 1 is 1.29 bits per heavy atom. The number of carboxylic acids is 1. The molecule has 0 amide bonds. The maximum absolute atomic E-state index is 10.5. The molecule has 1 atom stereocenters. The third-order valence-corrected chi connectivity index (χ3v) is 1.68. The number of alkyl halides is 1. The van der Waals surface area contributed by atoms with E-state index in [-0.39, 0.29) is 10.9 Å². The molecule has 17 heavy (non-hydrogen) atoms. The van der Waals surface area contributed by atoms with Gasteiger partial charge in [0.25, 0.3) is 0 Å². The number of halogens is 1.